The molecule has 0 bridgehead atoms. The number of hydrogen-bond donors (Lipinski definition) is 1. The van der Waals surface area contributed by atoms with Crippen molar-refractivity contribution < 1.29 is 4.79 Å². The van der Waals surface area contributed by atoms with Gasteiger partial charge in [0.15, 0.2) is 0 Å². The Morgan fingerprint density at radius 2 is 2.10 bits per heavy atom. The van der Waals surface area contributed by atoms with Crippen molar-refractivity contribution in [2.24, 2.45) is 11.7 Å². The predicted octanol–water partition coefficient (Wildman–Crippen LogP) is 3.83. The van der Waals surface area contributed by atoms with Crippen LogP contribution in [-0.2, 0) is 11.2 Å². The average Bonchev–Trinajstić information content (AvgIpc) is 2.52. The van der Waals surface area contributed by atoms with Crippen molar-refractivity contribution in [3.8, 4) is 0 Å². The van der Waals surface area contributed by atoms with E-state index in [1.54, 1.807) is 0 Å². The van der Waals surface area contributed by atoms with E-state index < -0.39 is 0 Å². The Hall–Kier alpha value is -1.15. The third-order valence-corrected chi connectivity index (χ3v) is 4.58. The Bertz CT molecular complexity index is 441. The lowest BCUT2D eigenvalue weighted by molar-refractivity contribution is -0.124. The molecule has 2 nitrogen and oxygen atoms in total. The fraction of sp³-hybridized carbons (Fsp3) is 0.611. The van der Waals surface area contributed by atoms with E-state index in [9.17, 15) is 4.79 Å². The zero-order chi connectivity index (χ0) is 14.4. The highest BCUT2D eigenvalue weighted by atomic mass is 16.1. The van der Waals surface area contributed by atoms with Crippen LogP contribution in [0.5, 0.6) is 0 Å². The SMILES string of the molecule is CCC(=O)C1CCCCC1c1cccc(CCCN)c1. The van der Waals surface area contributed by atoms with Gasteiger partial charge in [0.05, 0.1) is 0 Å². The van der Waals surface area contributed by atoms with Crippen molar-refractivity contribution in [1.29, 1.82) is 0 Å². The van der Waals surface area contributed by atoms with Gasteiger partial charge in [-0.25, -0.2) is 0 Å². The first-order valence-electron chi connectivity index (χ1n) is 8.08. The minimum Gasteiger partial charge on any atom is -0.330 e. The van der Waals surface area contributed by atoms with Gasteiger partial charge in [-0.15, -0.1) is 0 Å². The maximum atomic E-state index is 12.2. The number of carbonyl (C=O) groups is 1. The van der Waals surface area contributed by atoms with Crippen molar-refractivity contribution in [3.63, 3.8) is 0 Å². The van der Waals surface area contributed by atoms with Crippen molar-refractivity contribution >= 4 is 5.78 Å². The summed E-state index contributed by atoms with van der Waals surface area (Å²) in [6, 6.07) is 8.83. The summed E-state index contributed by atoms with van der Waals surface area (Å²) in [5.74, 6) is 1.13. The van der Waals surface area contributed by atoms with Gasteiger partial charge in [-0.05, 0) is 49.3 Å². The molecule has 0 heterocycles. The number of ketones is 1. The summed E-state index contributed by atoms with van der Waals surface area (Å²) in [5.41, 5.74) is 8.32. The molecule has 1 aliphatic rings. The quantitative estimate of drug-likeness (QED) is 0.856. The van der Waals surface area contributed by atoms with Crippen LogP contribution in [0.15, 0.2) is 24.3 Å². The second-order valence-corrected chi connectivity index (χ2v) is 5.95. The van der Waals surface area contributed by atoms with Crippen LogP contribution in [0.25, 0.3) is 0 Å². The van der Waals surface area contributed by atoms with Gasteiger partial charge in [0.25, 0.3) is 0 Å². The van der Waals surface area contributed by atoms with Crippen LogP contribution in [0.1, 0.15) is 62.5 Å². The molecule has 2 atom stereocenters. The highest BCUT2D eigenvalue weighted by molar-refractivity contribution is 5.81. The molecule has 1 aromatic rings. The molecule has 0 aromatic heterocycles. The van der Waals surface area contributed by atoms with E-state index in [0.717, 1.165) is 32.2 Å². The molecule has 1 aromatic carbocycles. The zero-order valence-electron chi connectivity index (χ0n) is 12.6. The molecule has 0 radical (unpaired) electrons. The third-order valence-electron chi connectivity index (χ3n) is 4.58. The van der Waals surface area contributed by atoms with Gasteiger partial charge in [0.1, 0.15) is 5.78 Å². The lowest BCUT2D eigenvalue weighted by Crippen LogP contribution is -2.25. The highest BCUT2D eigenvalue weighted by Gasteiger charge is 2.30. The first-order chi connectivity index (χ1) is 9.76. The number of nitrogens with two attached hydrogens (primary N) is 1. The van der Waals surface area contributed by atoms with E-state index in [1.165, 1.54) is 24.0 Å². The van der Waals surface area contributed by atoms with Gasteiger partial charge in [0, 0.05) is 12.3 Å². The van der Waals surface area contributed by atoms with Crippen molar-refractivity contribution in [1.82, 2.24) is 0 Å². The summed E-state index contributed by atoms with van der Waals surface area (Å²) >= 11 is 0. The molecule has 1 fully saturated rings. The molecular weight excluding hydrogens is 246 g/mol. The fourth-order valence-electron chi connectivity index (χ4n) is 3.46. The van der Waals surface area contributed by atoms with Crippen LogP contribution in [0.3, 0.4) is 0 Å². The minimum absolute atomic E-state index is 0.249. The standard InChI is InChI=1S/C18H27NO/c1-2-18(20)17-11-4-3-10-16(17)15-9-5-7-14(13-15)8-6-12-19/h5,7,9,13,16-17H,2-4,6,8,10-12,19H2,1H3. The Morgan fingerprint density at radius 3 is 2.85 bits per heavy atom. The second-order valence-electron chi connectivity index (χ2n) is 5.95. The van der Waals surface area contributed by atoms with E-state index in [1.807, 2.05) is 6.92 Å². The third kappa shape index (κ3) is 3.69. The van der Waals surface area contributed by atoms with Gasteiger partial charge in [-0.2, -0.15) is 0 Å². The smallest absolute Gasteiger partial charge is 0.136 e. The van der Waals surface area contributed by atoms with Crippen molar-refractivity contribution in [3.05, 3.63) is 35.4 Å². The van der Waals surface area contributed by atoms with Crippen LogP contribution in [0, 0.1) is 5.92 Å². The maximum Gasteiger partial charge on any atom is 0.136 e. The van der Waals surface area contributed by atoms with E-state index in [2.05, 4.69) is 24.3 Å². The Balaban J connectivity index is 2.16. The molecule has 2 rings (SSSR count). The molecule has 1 saturated carbocycles. The van der Waals surface area contributed by atoms with Gasteiger partial charge in [0.2, 0.25) is 0 Å². The molecule has 0 saturated heterocycles. The molecule has 0 aliphatic heterocycles. The van der Waals surface area contributed by atoms with Gasteiger partial charge < -0.3 is 5.73 Å². The van der Waals surface area contributed by atoms with Crippen LogP contribution in [0.2, 0.25) is 0 Å². The minimum atomic E-state index is 0.249. The van der Waals surface area contributed by atoms with Gasteiger partial charge >= 0.3 is 0 Å². The molecule has 1 aliphatic carbocycles. The first kappa shape index (κ1) is 15.2. The maximum absolute atomic E-state index is 12.2. The second kappa shape index (κ2) is 7.58. The summed E-state index contributed by atoms with van der Waals surface area (Å²) in [6.45, 7) is 2.73. The molecule has 2 unspecified atom stereocenters. The largest absolute Gasteiger partial charge is 0.330 e. The predicted molar refractivity (Wildman–Crippen MR) is 83.8 cm³/mol. The molecule has 2 heteroatoms. The van der Waals surface area contributed by atoms with E-state index >= 15 is 0 Å². The topological polar surface area (TPSA) is 43.1 Å². The van der Waals surface area contributed by atoms with E-state index in [0.29, 0.717) is 18.1 Å². The summed E-state index contributed by atoms with van der Waals surface area (Å²) in [4.78, 5) is 12.2. The molecular formula is C18H27NO. The van der Waals surface area contributed by atoms with Crippen LogP contribution in [-0.4, -0.2) is 12.3 Å². The number of Topliss-reactive ketones (excluding diaryl/α,β-unsaturated/α-hetero) is 1. The van der Waals surface area contributed by atoms with Crippen molar-refractivity contribution in [2.45, 2.75) is 57.8 Å². The lowest BCUT2D eigenvalue weighted by atomic mass is 9.73. The summed E-state index contributed by atoms with van der Waals surface area (Å²) in [6.07, 6.45) is 7.45. The number of benzene rings is 1. The van der Waals surface area contributed by atoms with Crippen LogP contribution >= 0.6 is 0 Å². The van der Waals surface area contributed by atoms with Crippen LogP contribution < -0.4 is 5.73 Å². The normalized spacial score (nSPS) is 22.7. The Morgan fingerprint density at radius 1 is 1.30 bits per heavy atom. The summed E-state index contributed by atoms with van der Waals surface area (Å²) in [5, 5.41) is 0. The van der Waals surface area contributed by atoms with Gasteiger partial charge in [-0.3, -0.25) is 4.79 Å². The monoisotopic (exact) mass is 273 g/mol. The highest BCUT2D eigenvalue weighted by Crippen LogP contribution is 2.39. The number of rotatable bonds is 6. The average molecular weight is 273 g/mol. The van der Waals surface area contributed by atoms with Crippen LogP contribution in [0.4, 0.5) is 0 Å². The number of hydrogen-bond acceptors (Lipinski definition) is 2. The molecule has 0 spiro atoms. The first-order valence-corrected chi connectivity index (χ1v) is 8.08. The Labute approximate surface area is 122 Å². The lowest BCUT2D eigenvalue weighted by Gasteiger charge is -2.31. The summed E-state index contributed by atoms with van der Waals surface area (Å²) in [7, 11) is 0. The number of aryl methyl sites for hydroxylation is 1. The number of carbonyl (C=O) groups excluding carboxylic acids is 1. The molecule has 110 valence electrons. The Kier molecular flexibility index (Phi) is 5.78. The molecule has 20 heavy (non-hydrogen) atoms. The molecule has 2 N–H and O–H groups in total. The van der Waals surface area contributed by atoms with Gasteiger partial charge in [-0.1, -0.05) is 44.0 Å². The fourth-order valence-corrected chi connectivity index (χ4v) is 3.46. The van der Waals surface area contributed by atoms with E-state index in [-0.39, 0.29) is 5.92 Å². The summed E-state index contributed by atoms with van der Waals surface area (Å²) < 4.78 is 0. The van der Waals surface area contributed by atoms with E-state index in [4.69, 9.17) is 5.73 Å². The van der Waals surface area contributed by atoms with Crippen molar-refractivity contribution in [2.75, 3.05) is 6.54 Å². The zero-order valence-corrected chi connectivity index (χ0v) is 12.6. The molecule has 0 amide bonds.